The fourth-order valence-electron chi connectivity index (χ4n) is 3.43. The van der Waals surface area contributed by atoms with Crippen molar-refractivity contribution >= 4 is 28.9 Å². The third-order valence-electron chi connectivity index (χ3n) is 5.10. The average molecular weight is 475 g/mol. The maximum atomic E-state index is 12.7. The zero-order valence-electron chi connectivity index (χ0n) is 19.7. The van der Waals surface area contributed by atoms with E-state index in [0.29, 0.717) is 11.4 Å². The highest BCUT2D eigenvalue weighted by Crippen LogP contribution is 2.23. The lowest BCUT2D eigenvalue weighted by Crippen LogP contribution is -2.37. The summed E-state index contributed by atoms with van der Waals surface area (Å²) >= 11 is 1.43. The van der Waals surface area contributed by atoms with Gasteiger partial charge in [-0.2, -0.15) is 0 Å². The third kappa shape index (κ3) is 8.85. The first kappa shape index (κ1) is 25.3. The van der Waals surface area contributed by atoms with Gasteiger partial charge in [-0.3, -0.25) is 20.0 Å². The Bertz CT molecular complexity index is 902. The molecule has 0 aromatic carbocycles. The fourth-order valence-corrected chi connectivity index (χ4v) is 4.22. The number of aromatic nitrogens is 1. The summed E-state index contributed by atoms with van der Waals surface area (Å²) < 4.78 is 10.7. The van der Waals surface area contributed by atoms with Crippen molar-refractivity contribution in [3.05, 3.63) is 45.9 Å². The van der Waals surface area contributed by atoms with Gasteiger partial charge >= 0.3 is 6.09 Å². The van der Waals surface area contributed by atoms with Crippen molar-refractivity contribution in [2.45, 2.75) is 45.8 Å². The molecule has 2 N–H and O–H groups in total. The Morgan fingerprint density at radius 3 is 2.70 bits per heavy atom. The molecule has 1 aliphatic rings. The van der Waals surface area contributed by atoms with Gasteiger partial charge in [-0.25, -0.2) is 4.79 Å². The number of hydrogen-bond donors (Lipinski definition) is 2. The standard InChI is InChI=1S/C24H34N4O4S/c1-24(2,3)32-23(30)27-21-17-33-16-19(21)13-22(29)20-6-5-18(15-26-20)14-25-7-4-8-28-9-11-31-12-10-28/h5-6,15-17,25H,4,7-14H2,1-3H3,(H,27,30). The number of thiophene rings is 1. The lowest BCUT2D eigenvalue weighted by Gasteiger charge is -2.26. The molecular formula is C24H34N4O4S. The minimum Gasteiger partial charge on any atom is -0.444 e. The van der Waals surface area contributed by atoms with Crippen molar-refractivity contribution in [2.24, 2.45) is 0 Å². The van der Waals surface area contributed by atoms with Crippen molar-refractivity contribution in [1.82, 2.24) is 15.2 Å². The average Bonchev–Trinajstić information content (AvgIpc) is 3.19. The number of anilines is 1. The van der Waals surface area contributed by atoms with E-state index in [9.17, 15) is 9.59 Å². The second-order valence-electron chi connectivity index (χ2n) is 9.07. The number of ether oxygens (including phenoxy) is 2. The summed E-state index contributed by atoms with van der Waals surface area (Å²) in [7, 11) is 0. The summed E-state index contributed by atoms with van der Waals surface area (Å²) in [4.78, 5) is 31.5. The van der Waals surface area contributed by atoms with Crippen LogP contribution in [0.3, 0.4) is 0 Å². The van der Waals surface area contributed by atoms with Crippen LogP contribution in [0.25, 0.3) is 0 Å². The zero-order chi connectivity index (χ0) is 23.7. The summed E-state index contributed by atoms with van der Waals surface area (Å²) in [6.07, 6.45) is 2.47. The molecule has 0 atom stereocenters. The van der Waals surface area contributed by atoms with Crippen molar-refractivity contribution < 1.29 is 19.1 Å². The highest BCUT2D eigenvalue weighted by atomic mass is 32.1. The van der Waals surface area contributed by atoms with E-state index in [1.165, 1.54) is 11.3 Å². The van der Waals surface area contributed by atoms with Crippen LogP contribution in [0.15, 0.2) is 29.1 Å². The van der Waals surface area contributed by atoms with E-state index in [-0.39, 0.29) is 12.2 Å². The van der Waals surface area contributed by atoms with Gasteiger partial charge in [-0.15, -0.1) is 11.3 Å². The monoisotopic (exact) mass is 474 g/mol. The van der Waals surface area contributed by atoms with E-state index in [1.54, 1.807) is 38.4 Å². The Morgan fingerprint density at radius 2 is 2.00 bits per heavy atom. The van der Waals surface area contributed by atoms with Crippen molar-refractivity contribution in [3.8, 4) is 0 Å². The summed E-state index contributed by atoms with van der Waals surface area (Å²) in [6.45, 7) is 11.9. The van der Waals surface area contributed by atoms with E-state index in [1.807, 2.05) is 11.4 Å². The van der Waals surface area contributed by atoms with Gasteiger partial charge in [0.1, 0.15) is 11.3 Å². The Morgan fingerprint density at radius 1 is 1.21 bits per heavy atom. The SMILES string of the molecule is CC(C)(C)OC(=O)Nc1cscc1CC(=O)c1ccc(CNCCCN2CCOCC2)cn1. The maximum absolute atomic E-state index is 12.7. The molecule has 0 unspecified atom stereocenters. The predicted molar refractivity (Wildman–Crippen MR) is 130 cm³/mol. The van der Waals surface area contributed by atoms with Gasteiger partial charge in [0.15, 0.2) is 5.78 Å². The molecule has 2 aromatic rings. The topological polar surface area (TPSA) is 92.8 Å². The van der Waals surface area contributed by atoms with Gasteiger partial charge in [0.25, 0.3) is 0 Å². The van der Waals surface area contributed by atoms with E-state index < -0.39 is 11.7 Å². The molecule has 0 spiro atoms. The van der Waals surface area contributed by atoms with Crippen LogP contribution >= 0.6 is 11.3 Å². The number of rotatable bonds is 10. The molecule has 0 saturated carbocycles. The number of ketones is 1. The zero-order valence-corrected chi connectivity index (χ0v) is 20.5. The molecule has 1 amide bonds. The molecule has 8 nitrogen and oxygen atoms in total. The van der Waals surface area contributed by atoms with Crippen LogP contribution in [0, 0.1) is 0 Å². The molecule has 1 aliphatic heterocycles. The van der Waals surface area contributed by atoms with E-state index in [0.717, 1.165) is 63.5 Å². The molecule has 3 heterocycles. The number of carbonyl (C=O) groups excluding carboxylic acids is 2. The second-order valence-corrected chi connectivity index (χ2v) is 9.82. The van der Waals surface area contributed by atoms with Crippen LogP contribution in [0.2, 0.25) is 0 Å². The highest BCUT2D eigenvalue weighted by Gasteiger charge is 2.19. The minimum absolute atomic E-state index is 0.0920. The Kier molecular flexibility index (Phi) is 9.37. The van der Waals surface area contributed by atoms with Crippen LogP contribution < -0.4 is 10.6 Å². The molecule has 0 radical (unpaired) electrons. The molecule has 0 bridgehead atoms. The lowest BCUT2D eigenvalue weighted by molar-refractivity contribution is 0.0374. The normalized spacial score (nSPS) is 14.8. The first-order valence-electron chi connectivity index (χ1n) is 11.3. The summed E-state index contributed by atoms with van der Waals surface area (Å²) in [5, 5.41) is 9.82. The summed E-state index contributed by atoms with van der Waals surface area (Å²) in [6, 6.07) is 3.70. The van der Waals surface area contributed by atoms with Crippen molar-refractivity contribution in [3.63, 3.8) is 0 Å². The van der Waals surface area contributed by atoms with Gasteiger partial charge in [0, 0.05) is 37.6 Å². The molecular weight excluding hydrogens is 440 g/mol. The largest absolute Gasteiger partial charge is 0.444 e. The number of nitrogens with zero attached hydrogens (tertiary/aromatic N) is 2. The van der Waals surface area contributed by atoms with Crippen LogP contribution in [-0.2, 0) is 22.4 Å². The molecule has 0 aliphatic carbocycles. The lowest BCUT2D eigenvalue weighted by atomic mass is 10.1. The second kappa shape index (κ2) is 12.2. The van der Waals surface area contributed by atoms with Gasteiger partial charge < -0.3 is 14.8 Å². The summed E-state index contributed by atoms with van der Waals surface area (Å²) in [5.41, 5.74) is 2.23. The number of nitrogens with one attached hydrogen (secondary N) is 2. The van der Waals surface area contributed by atoms with Gasteiger partial charge in [-0.1, -0.05) is 6.07 Å². The highest BCUT2D eigenvalue weighted by molar-refractivity contribution is 7.08. The Balaban J connectivity index is 1.42. The molecule has 180 valence electrons. The van der Waals surface area contributed by atoms with Gasteiger partial charge in [-0.05, 0) is 62.9 Å². The number of hydrogen-bond acceptors (Lipinski definition) is 8. The quantitative estimate of drug-likeness (QED) is 0.400. The Hall–Kier alpha value is -2.33. The van der Waals surface area contributed by atoms with Crippen LogP contribution in [0.5, 0.6) is 0 Å². The molecule has 33 heavy (non-hydrogen) atoms. The van der Waals surface area contributed by atoms with Crippen molar-refractivity contribution in [2.75, 3.05) is 44.7 Å². The van der Waals surface area contributed by atoms with E-state index in [2.05, 4.69) is 20.5 Å². The number of amides is 1. The van der Waals surface area contributed by atoms with Crippen molar-refractivity contribution in [1.29, 1.82) is 0 Å². The molecule has 2 aromatic heterocycles. The Labute approximate surface area is 199 Å². The maximum Gasteiger partial charge on any atom is 0.412 e. The van der Waals surface area contributed by atoms with Crippen LogP contribution in [0.4, 0.5) is 10.5 Å². The number of Topliss-reactive ketones (excluding diaryl/α,β-unsaturated/α-hetero) is 1. The molecule has 3 rings (SSSR count). The number of pyridine rings is 1. The number of carbonyl (C=O) groups is 2. The molecule has 9 heteroatoms. The fraction of sp³-hybridized carbons (Fsp3) is 0.542. The number of morpholine rings is 1. The third-order valence-corrected chi connectivity index (χ3v) is 5.89. The van der Waals surface area contributed by atoms with Gasteiger partial charge in [0.2, 0.25) is 0 Å². The smallest absolute Gasteiger partial charge is 0.412 e. The summed E-state index contributed by atoms with van der Waals surface area (Å²) in [5.74, 6) is -0.0920. The molecule has 1 fully saturated rings. The van der Waals surface area contributed by atoms with Gasteiger partial charge in [0.05, 0.1) is 18.9 Å². The first-order chi connectivity index (χ1) is 15.8. The molecule has 1 saturated heterocycles. The van der Waals surface area contributed by atoms with E-state index >= 15 is 0 Å². The predicted octanol–water partition coefficient (Wildman–Crippen LogP) is 3.73. The van der Waals surface area contributed by atoms with E-state index in [4.69, 9.17) is 9.47 Å². The van der Waals surface area contributed by atoms with Crippen LogP contribution in [0.1, 0.15) is 48.8 Å². The van der Waals surface area contributed by atoms with Crippen LogP contribution in [-0.4, -0.2) is 66.8 Å². The first-order valence-corrected chi connectivity index (χ1v) is 12.3. The minimum atomic E-state index is -0.584.